The zero-order valence-electron chi connectivity index (χ0n) is 9.14. The maximum absolute atomic E-state index is 13.4. The molecule has 5 N–H and O–H groups in total. The maximum atomic E-state index is 13.4. The number of anilines is 2. The van der Waals surface area contributed by atoms with E-state index in [1.807, 2.05) is 0 Å². The predicted molar refractivity (Wildman–Crippen MR) is 61.5 cm³/mol. The van der Waals surface area contributed by atoms with Crippen molar-refractivity contribution in [1.82, 2.24) is 15.2 Å². The minimum atomic E-state index is -1.36. The number of hydrogen-bond donors (Lipinski definition) is 4. The van der Waals surface area contributed by atoms with E-state index in [9.17, 15) is 9.18 Å². The van der Waals surface area contributed by atoms with Crippen LogP contribution in [0.2, 0.25) is 0 Å². The van der Waals surface area contributed by atoms with Crippen molar-refractivity contribution in [2.75, 3.05) is 11.1 Å². The Hall–Kier alpha value is -2.64. The summed E-state index contributed by atoms with van der Waals surface area (Å²) in [5.41, 5.74) is 5.61. The third kappa shape index (κ3) is 2.37. The van der Waals surface area contributed by atoms with Crippen molar-refractivity contribution in [3.8, 4) is 0 Å². The Morgan fingerprint density at radius 2 is 2.33 bits per heavy atom. The van der Waals surface area contributed by atoms with E-state index in [1.165, 1.54) is 6.33 Å². The monoisotopic (exact) mass is 251 g/mol. The fraction of sp³-hybridized carbons (Fsp3) is 0.100. The molecule has 18 heavy (non-hydrogen) atoms. The summed E-state index contributed by atoms with van der Waals surface area (Å²) in [4.78, 5) is 14.6. The number of aromatic amines is 1. The average molecular weight is 251 g/mol. The summed E-state index contributed by atoms with van der Waals surface area (Å²) in [6.45, 7) is 0.274. The van der Waals surface area contributed by atoms with Gasteiger partial charge in [0.25, 0.3) is 0 Å². The number of nitrogens with one attached hydrogen (secondary N) is 2. The Balaban J connectivity index is 2.19. The number of nitrogens with zero attached hydrogens (tertiary/aromatic N) is 2. The third-order valence-corrected chi connectivity index (χ3v) is 2.28. The molecule has 0 unspecified atom stereocenters. The lowest BCUT2D eigenvalue weighted by Crippen LogP contribution is -2.08. The third-order valence-electron chi connectivity index (χ3n) is 2.28. The van der Waals surface area contributed by atoms with Gasteiger partial charge in [-0.1, -0.05) is 0 Å². The molecular weight excluding hydrogens is 241 g/mol. The fourth-order valence-electron chi connectivity index (χ4n) is 1.40. The lowest BCUT2D eigenvalue weighted by atomic mass is 10.1. The molecule has 0 aliphatic rings. The molecule has 0 fully saturated rings. The molecule has 0 saturated heterocycles. The van der Waals surface area contributed by atoms with Crippen molar-refractivity contribution in [3.05, 3.63) is 35.7 Å². The summed E-state index contributed by atoms with van der Waals surface area (Å²) in [5, 5.41) is 17.8. The van der Waals surface area contributed by atoms with Crippen molar-refractivity contribution in [1.29, 1.82) is 0 Å². The van der Waals surface area contributed by atoms with Gasteiger partial charge in [-0.3, -0.25) is 5.10 Å². The average Bonchev–Trinajstić information content (AvgIpc) is 2.82. The van der Waals surface area contributed by atoms with Gasteiger partial charge in [0.2, 0.25) is 0 Å². The van der Waals surface area contributed by atoms with Gasteiger partial charge in [0.05, 0.1) is 23.5 Å². The lowest BCUT2D eigenvalue weighted by molar-refractivity contribution is 0.0692. The van der Waals surface area contributed by atoms with Gasteiger partial charge in [0.1, 0.15) is 18.0 Å². The first-order chi connectivity index (χ1) is 8.58. The Labute approximate surface area is 101 Å². The number of rotatable bonds is 4. The van der Waals surface area contributed by atoms with Gasteiger partial charge in [0.15, 0.2) is 0 Å². The molecule has 8 heteroatoms. The van der Waals surface area contributed by atoms with E-state index in [1.54, 1.807) is 0 Å². The van der Waals surface area contributed by atoms with Crippen LogP contribution < -0.4 is 11.1 Å². The van der Waals surface area contributed by atoms with Crippen molar-refractivity contribution >= 4 is 17.3 Å². The van der Waals surface area contributed by atoms with E-state index in [0.717, 1.165) is 12.1 Å². The van der Waals surface area contributed by atoms with Gasteiger partial charge < -0.3 is 16.2 Å². The van der Waals surface area contributed by atoms with E-state index in [2.05, 4.69) is 20.5 Å². The fourth-order valence-corrected chi connectivity index (χ4v) is 1.40. The number of aromatic carboxylic acids is 1. The van der Waals surface area contributed by atoms with Gasteiger partial charge in [-0.2, -0.15) is 5.10 Å². The Bertz CT molecular complexity index is 570. The number of benzene rings is 1. The Morgan fingerprint density at radius 3 is 2.94 bits per heavy atom. The highest BCUT2D eigenvalue weighted by atomic mass is 19.1. The molecule has 0 saturated carbocycles. The summed E-state index contributed by atoms with van der Waals surface area (Å²) in [6, 6.07) is 2.11. The number of aromatic nitrogens is 3. The van der Waals surface area contributed by atoms with Crippen LogP contribution in [0.1, 0.15) is 16.2 Å². The van der Waals surface area contributed by atoms with Crippen molar-refractivity contribution in [3.63, 3.8) is 0 Å². The summed E-state index contributed by atoms with van der Waals surface area (Å²) < 4.78 is 13.4. The highest BCUT2D eigenvalue weighted by Crippen LogP contribution is 2.23. The molecule has 2 aromatic rings. The molecule has 2 rings (SSSR count). The SMILES string of the molecule is Nc1cc(C(=O)O)c(F)cc1NCc1ncn[nH]1. The van der Waals surface area contributed by atoms with E-state index in [-0.39, 0.29) is 12.2 Å². The van der Waals surface area contributed by atoms with Gasteiger partial charge in [-0.15, -0.1) is 0 Å². The highest BCUT2D eigenvalue weighted by molar-refractivity contribution is 5.90. The second-order valence-corrected chi connectivity index (χ2v) is 3.51. The summed E-state index contributed by atoms with van der Waals surface area (Å²) >= 11 is 0. The molecule has 1 aromatic carbocycles. The Kier molecular flexibility index (Phi) is 3.09. The molecule has 0 spiro atoms. The van der Waals surface area contributed by atoms with Crippen LogP contribution in [0.25, 0.3) is 0 Å². The number of halogens is 1. The number of carbonyl (C=O) groups is 1. The van der Waals surface area contributed by atoms with Gasteiger partial charge in [-0.25, -0.2) is 14.2 Å². The number of nitrogens with two attached hydrogens (primary N) is 1. The number of H-pyrrole nitrogens is 1. The lowest BCUT2D eigenvalue weighted by Gasteiger charge is -2.09. The normalized spacial score (nSPS) is 10.3. The number of nitrogen functional groups attached to an aromatic ring is 1. The molecule has 0 aliphatic heterocycles. The molecule has 94 valence electrons. The van der Waals surface area contributed by atoms with E-state index in [4.69, 9.17) is 10.8 Å². The number of carboxylic acids is 1. The van der Waals surface area contributed by atoms with Crippen LogP contribution in [0.4, 0.5) is 15.8 Å². The zero-order chi connectivity index (χ0) is 13.1. The highest BCUT2D eigenvalue weighted by Gasteiger charge is 2.13. The number of carboxylic acid groups (broad SMARTS) is 1. The summed E-state index contributed by atoms with van der Waals surface area (Å²) in [7, 11) is 0. The standard InChI is InChI=1S/C10H10FN5O2/c11-6-2-8(7(12)1-5(6)10(17)18)13-3-9-14-4-15-16-9/h1-2,4,13H,3,12H2,(H,17,18)(H,14,15,16). The summed E-state index contributed by atoms with van der Waals surface area (Å²) in [6.07, 6.45) is 1.34. The van der Waals surface area contributed by atoms with Crippen LogP contribution in [0.5, 0.6) is 0 Å². The van der Waals surface area contributed by atoms with Crippen LogP contribution in [0, 0.1) is 5.82 Å². The first kappa shape index (κ1) is 11.8. The molecule has 0 bridgehead atoms. The van der Waals surface area contributed by atoms with Gasteiger partial charge >= 0.3 is 5.97 Å². The molecule has 0 atom stereocenters. The Morgan fingerprint density at radius 1 is 1.56 bits per heavy atom. The molecule has 0 radical (unpaired) electrons. The minimum absolute atomic E-state index is 0.147. The smallest absolute Gasteiger partial charge is 0.338 e. The van der Waals surface area contributed by atoms with Crippen molar-refractivity contribution in [2.45, 2.75) is 6.54 Å². The van der Waals surface area contributed by atoms with Crippen LogP contribution >= 0.6 is 0 Å². The molecular formula is C10H10FN5O2. The first-order valence-corrected chi connectivity index (χ1v) is 4.98. The predicted octanol–water partition coefficient (Wildman–Crippen LogP) is 0.836. The minimum Gasteiger partial charge on any atom is -0.478 e. The van der Waals surface area contributed by atoms with Crippen LogP contribution in [-0.4, -0.2) is 26.3 Å². The topological polar surface area (TPSA) is 117 Å². The molecule has 0 amide bonds. The first-order valence-electron chi connectivity index (χ1n) is 4.98. The van der Waals surface area contributed by atoms with E-state index in [0.29, 0.717) is 11.5 Å². The number of hydrogen-bond acceptors (Lipinski definition) is 5. The molecule has 0 aliphatic carbocycles. The maximum Gasteiger partial charge on any atom is 0.338 e. The molecule has 1 heterocycles. The van der Waals surface area contributed by atoms with Gasteiger partial charge in [0, 0.05) is 0 Å². The van der Waals surface area contributed by atoms with E-state index < -0.39 is 17.3 Å². The quantitative estimate of drug-likeness (QED) is 0.598. The van der Waals surface area contributed by atoms with Crippen molar-refractivity contribution in [2.24, 2.45) is 0 Å². The van der Waals surface area contributed by atoms with Crippen LogP contribution in [0.15, 0.2) is 18.5 Å². The molecule has 1 aromatic heterocycles. The second kappa shape index (κ2) is 4.70. The largest absolute Gasteiger partial charge is 0.478 e. The van der Waals surface area contributed by atoms with Gasteiger partial charge in [-0.05, 0) is 12.1 Å². The van der Waals surface area contributed by atoms with Crippen LogP contribution in [-0.2, 0) is 6.54 Å². The molecule has 7 nitrogen and oxygen atoms in total. The van der Waals surface area contributed by atoms with Crippen LogP contribution in [0.3, 0.4) is 0 Å². The second-order valence-electron chi connectivity index (χ2n) is 3.51. The zero-order valence-corrected chi connectivity index (χ0v) is 9.14. The summed E-state index contributed by atoms with van der Waals surface area (Å²) in [5.74, 6) is -1.66. The van der Waals surface area contributed by atoms with E-state index >= 15 is 0 Å². The van der Waals surface area contributed by atoms with Crippen molar-refractivity contribution < 1.29 is 14.3 Å².